The molecule has 0 spiro atoms. The second-order valence-corrected chi connectivity index (χ2v) is 5.21. The fraction of sp³-hybridized carbons (Fsp3) is 1.00. The summed E-state index contributed by atoms with van der Waals surface area (Å²) in [6.45, 7) is 5.98. The van der Waals surface area contributed by atoms with Crippen molar-refractivity contribution in [1.82, 2.24) is 0 Å². The molecular weight excluding hydrogens is 218 g/mol. The number of hydrogen-bond acceptors (Lipinski definition) is 4. The maximum Gasteiger partial charge on any atom is 0.101 e. The zero-order valence-electron chi connectivity index (χ0n) is 11.2. The summed E-state index contributed by atoms with van der Waals surface area (Å²) in [5, 5.41) is 9.70. The largest absolute Gasteiger partial charge is 0.388 e. The van der Waals surface area contributed by atoms with Gasteiger partial charge in [0.05, 0.1) is 18.8 Å². The molecule has 0 saturated heterocycles. The number of aliphatic hydroxyl groups excluding tert-OH is 1. The standard InChI is InChI=1S/C13H27NO3/c1-3-16-8-12(15)9-17-13(10-14)6-4-5-11(2)7-13/h11-12,15H,3-10,14H2,1-2H3. The van der Waals surface area contributed by atoms with Gasteiger partial charge in [0.1, 0.15) is 6.10 Å². The van der Waals surface area contributed by atoms with Crippen LogP contribution < -0.4 is 5.73 Å². The van der Waals surface area contributed by atoms with Crippen LogP contribution in [0.5, 0.6) is 0 Å². The van der Waals surface area contributed by atoms with E-state index in [9.17, 15) is 5.11 Å². The molecule has 3 atom stereocenters. The third-order valence-electron chi connectivity index (χ3n) is 3.52. The van der Waals surface area contributed by atoms with E-state index in [0.29, 0.717) is 32.3 Å². The molecule has 1 fully saturated rings. The summed E-state index contributed by atoms with van der Waals surface area (Å²) in [4.78, 5) is 0. The van der Waals surface area contributed by atoms with Gasteiger partial charge in [-0.25, -0.2) is 0 Å². The monoisotopic (exact) mass is 245 g/mol. The number of rotatable bonds is 7. The molecule has 0 aliphatic heterocycles. The molecule has 0 heterocycles. The third-order valence-corrected chi connectivity index (χ3v) is 3.52. The first-order valence-electron chi connectivity index (χ1n) is 6.71. The van der Waals surface area contributed by atoms with Gasteiger partial charge in [0, 0.05) is 13.2 Å². The molecule has 0 aromatic rings. The number of nitrogens with two attached hydrogens (primary N) is 1. The second kappa shape index (κ2) is 7.31. The smallest absolute Gasteiger partial charge is 0.101 e. The summed E-state index contributed by atoms with van der Waals surface area (Å²) in [6.07, 6.45) is 3.89. The van der Waals surface area contributed by atoms with E-state index in [1.807, 2.05) is 6.92 Å². The maximum absolute atomic E-state index is 9.70. The molecule has 0 aromatic heterocycles. The van der Waals surface area contributed by atoms with Crippen molar-refractivity contribution >= 4 is 0 Å². The van der Waals surface area contributed by atoms with Gasteiger partial charge in [0.2, 0.25) is 0 Å². The van der Waals surface area contributed by atoms with Crippen LogP contribution >= 0.6 is 0 Å². The SMILES string of the molecule is CCOCC(O)COC1(CN)CCCC(C)C1. The molecule has 3 N–H and O–H groups in total. The molecule has 0 radical (unpaired) electrons. The van der Waals surface area contributed by atoms with Gasteiger partial charge in [-0.15, -0.1) is 0 Å². The van der Waals surface area contributed by atoms with Gasteiger partial charge in [0.25, 0.3) is 0 Å². The summed E-state index contributed by atoms with van der Waals surface area (Å²) in [7, 11) is 0. The summed E-state index contributed by atoms with van der Waals surface area (Å²) in [5.74, 6) is 0.663. The summed E-state index contributed by atoms with van der Waals surface area (Å²) in [6, 6.07) is 0. The first kappa shape index (κ1) is 14.9. The van der Waals surface area contributed by atoms with Crippen molar-refractivity contribution in [3.8, 4) is 0 Å². The molecule has 1 saturated carbocycles. The zero-order chi connectivity index (χ0) is 12.7. The van der Waals surface area contributed by atoms with E-state index in [2.05, 4.69) is 6.92 Å². The molecule has 102 valence electrons. The minimum absolute atomic E-state index is 0.217. The number of ether oxygens (including phenoxy) is 2. The lowest BCUT2D eigenvalue weighted by molar-refractivity contribution is -0.112. The topological polar surface area (TPSA) is 64.7 Å². The quantitative estimate of drug-likeness (QED) is 0.710. The Kier molecular flexibility index (Phi) is 6.41. The van der Waals surface area contributed by atoms with E-state index < -0.39 is 6.10 Å². The van der Waals surface area contributed by atoms with Crippen LogP contribution in [-0.2, 0) is 9.47 Å². The van der Waals surface area contributed by atoms with E-state index in [4.69, 9.17) is 15.2 Å². The summed E-state index contributed by atoms with van der Waals surface area (Å²) >= 11 is 0. The van der Waals surface area contributed by atoms with Crippen molar-refractivity contribution in [3.05, 3.63) is 0 Å². The molecule has 1 aliphatic rings. The van der Waals surface area contributed by atoms with Crippen molar-refractivity contribution in [2.24, 2.45) is 11.7 Å². The van der Waals surface area contributed by atoms with Crippen molar-refractivity contribution < 1.29 is 14.6 Å². The highest BCUT2D eigenvalue weighted by molar-refractivity contribution is 4.88. The molecule has 1 rings (SSSR count). The van der Waals surface area contributed by atoms with Crippen LogP contribution in [0.3, 0.4) is 0 Å². The molecule has 17 heavy (non-hydrogen) atoms. The van der Waals surface area contributed by atoms with Crippen LogP contribution in [0, 0.1) is 5.92 Å². The molecule has 1 aliphatic carbocycles. The van der Waals surface area contributed by atoms with E-state index in [0.717, 1.165) is 12.8 Å². The lowest BCUT2D eigenvalue weighted by Gasteiger charge is -2.39. The highest BCUT2D eigenvalue weighted by atomic mass is 16.5. The Bertz CT molecular complexity index is 213. The van der Waals surface area contributed by atoms with E-state index in [1.54, 1.807) is 0 Å². The Labute approximate surface area is 104 Å². The summed E-state index contributed by atoms with van der Waals surface area (Å²) in [5.41, 5.74) is 5.63. The molecule has 0 bridgehead atoms. The first-order chi connectivity index (χ1) is 8.12. The van der Waals surface area contributed by atoms with Crippen LogP contribution in [0.2, 0.25) is 0 Å². The van der Waals surface area contributed by atoms with Crippen molar-refractivity contribution in [2.75, 3.05) is 26.4 Å². The van der Waals surface area contributed by atoms with Gasteiger partial charge < -0.3 is 20.3 Å². The van der Waals surface area contributed by atoms with Crippen LogP contribution in [0.4, 0.5) is 0 Å². The van der Waals surface area contributed by atoms with Crippen molar-refractivity contribution in [2.45, 2.75) is 51.2 Å². The second-order valence-electron chi connectivity index (χ2n) is 5.21. The number of hydrogen-bond donors (Lipinski definition) is 2. The van der Waals surface area contributed by atoms with Crippen molar-refractivity contribution in [1.29, 1.82) is 0 Å². The Balaban J connectivity index is 2.35. The van der Waals surface area contributed by atoms with Gasteiger partial charge >= 0.3 is 0 Å². The average molecular weight is 245 g/mol. The Morgan fingerprint density at radius 1 is 1.47 bits per heavy atom. The Morgan fingerprint density at radius 3 is 2.82 bits per heavy atom. The van der Waals surface area contributed by atoms with Gasteiger partial charge in [-0.2, -0.15) is 0 Å². The molecular formula is C13H27NO3. The highest BCUT2D eigenvalue weighted by Crippen LogP contribution is 2.34. The summed E-state index contributed by atoms with van der Waals surface area (Å²) < 4.78 is 11.1. The zero-order valence-corrected chi connectivity index (χ0v) is 11.2. The lowest BCUT2D eigenvalue weighted by atomic mass is 9.79. The van der Waals surface area contributed by atoms with E-state index in [1.165, 1.54) is 12.8 Å². The lowest BCUT2D eigenvalue weighted by Crippen LogP contribution is -2.46. The molecule has 3 unspecified atom stereocenters. The number of aliphatic hydroxyl groups is 1. The fourth-order valence-corrected chi connectivity index (χ4v) is 2.56. The first-order valence-corrected chi connectivity index (χ1v) is 6.71. The van der Waals surface area contributed by atoms with Gasteiger partial charge in [-0.05, 0) is 25.7 Å². The van der Waals surface area contributed by atoms with E-state index in [-0.39, 0.29) is 5.60 Å². The highest BCUT2D eigenvalue weighted by Gasteiger charge is 2.35. The third kappa shape index (κ3) is 4.92. The van der Waals surface area contributed by atoms with Crippen LogP contribution in [0.15, 0.2) is 0 Å². The van der Waals surface area contributed by atoms with Crippen LogP contribution in [0.1, 0.15) is 39.5 Å². The molecule has 4 nitrogen and oxygen atoms in total. The minimum Gasteiger partial charge on any atom is -0.388 e. The average Bonchev–Trinajstić information content (AvgIpc) is 2.34. The van der Waals surface area contributed by atoms with Gasteiger partial charge in [-0.3, -0.25) is 0 Å². The van der Waals surface area contributed by atoms with E-state index >= 15 is 0 Å². The Hall–Kier alpha value is -0.160. The molecule has 0 amide bonds. The predicted octanol–water partition coefficient (Wildman–Crippen LogP) is 1.31. The maximum atomic E-state index is 9.70. The van der Waals surface area contributed by atoms with Crippen LogP contribution in [-0.4, -0.2) is 43.2 Å². The predicted molar refractivity (Wildman–Crippen MR) is 67.9 cm³/mol. The molecule has 4 heteroatoms. The molecule has 0 aromatic carbocycles. The van der Waals surface area contributed by atoms with Crippen molar-refractivity contribution in [3.63, 3.8) is 0 Å². The fourth-order valence-electron chi connectivity index (χ4n) is 2.56. The Morgan fingerprint density at radius 2 is 2.24 bits per heavy atom. The minimum atomic E-state index is -0.546. The normalized spacial score (nSPS) is 31.4. The van der Waals surface area contributed by atoms with Crippen LogP contribution in [0.25, 0.3) is 0 Å². The van der Waals surface area contributed by atoms with Gasteiger partial charge in [-0.1, -0.05) is 19.8 Å². The van der Waals surface area contributed by atoms with Gasteiger partial charge in [0.15, 0.2) is 0 Å².